The van der Waals surface area contributed by atoms with Crippen LogP contribution in [-0.4, -0.2) is 39.9 Å². The van der Waals surface area contributed by atoms with E-state index in [9.17, 15) is 8.42 Å². The van der Waals surface area contributed by atoms with Gasteiger partial charge in [0.1, 0.15) is 0 Å². The lowest BCUT2D eigenvalue weighted by molar-refractivity contribution is 0.198. The Morgan fingerprint density at radius 3 is 2.62 bits per heavy atom. The Labute approximate surface area is 124 Å². The van der Waals surface area contributed by atoms with E-state index in [4.69, 9.17) is 9.15 Å². The molecular weight excluding hydrogens is 292 g/mol. The predicted molar refractivity (Wildman–Crippen MR) is 78.6 cm³/mol. The number of sulfone groups is 1. The SMILES string of the molecule is COCCNCc1ncc(-c2ccc(S(C)(=O)=O)cc2)o1. The first kappa shape index (κ1) is 15.7. The van der Waals surface area contributed by atoms with Gasteiger partial charge in [-0.2, -0.15) is 0 Å². The van der Waals surface area contributed by atoms with Crippen LogP contribution in [0.3, 0.4) is 0 Å². The lowest BCUT2D eigenvalue weighted by atomic mass is 10.2. The number of oxazole rings is 1. The summed E-state index contributed by atoms with van der Waals surface area (Å²) in [6.07, 6.45) is 2.81. The van der Waals surface area contributed by atoms with Crippen LogP contribution in [0.1, 0.15) is 5.89 Å². The number of nitrogens with zero attached hydrogens (tertiary/aromatic N) is 1. The number of aromatic nitrogens is 1. The Kier molecular flexibility index (Phi) is 5.11. The maximum Gasteiger partial charge on any atom is 0.208 e. The predicted octanol–water partition coefficient (Wildman–Crippen LogP) is 1.48. The summed E-state index contributed by atoms with van der Waals surface area (Å²) in [7, 11) is -1.54. The van der Waals surface area contributed by atoms with Gasteiger partial charge in [-0.3, -0.25) is 0 Å². The molecule has 0 unspecified atom stereocenters. The molecule has 0 aliphatic rings. The van der Waals surface area contributed by atoms with E-state index in [0.29, 0.717) is 24.8 Å². The van der Waals surface area contributed by atoms with Gasteiger partial charge in [-0.25, -0.2) is 13.4 Å². The fourth-order valence-corrected chi connectivity index (χ4v) is 2.39. The quantitative estimate of drug-likeness (QED) is 0.780. The summed E-state index contributed by atoms with van der Waals surface area (Å²) in [5.74, 6) is 1.19. The summed E-state index contributed by atoms with van der Waals surface area (Å²) in [5.41, 5.74) is 0.790. The van der Waals surface area contributed by atoms with Crippen LogP contribution in [0, 0.1) is 0 Å². The van der Waals surface area contributed by atoms with Gasteiger partial charge in [0.2, 0.25) is 5.89 Å². The van der Waals surface area contributed by atoms with Crippen LogP contribution in [0.2, 0.25) is 0 Å². The van der Waals surface area contributed by atoms with Crippen molar-refractivity contribution in [1.29, 1.82) is 0 Å². The summed E-state index contributed by atoms with van der Waals surface area (Å²) >= 11 is 0. The molecule has 0 aliphatic carbocycles. The third-order valence-corrected chi connectivity index (χ3v) is 4.01. The van der Waals surface area contributed by atoms with Crippen molar-refractivity contribution in [3.63, 3.8) is 0 Å². The van der Waals surface area contributed by atoms with Crippen molar-refractivity contribution in [2.24, 2.45) is 0 Å². The van der Waals surface area contributed by atoms with Gasteiger partial charge in [0.05, 0.1) is 24.2 Å². The molecular formula is C14H18N2O4S. The van der Waals surface area contributed by atoms with Crippen molar-refractivity contribution in [3.05, 3.63) is 36.4 Å². The van der Waals surface area contributed by atoms with Gasteiger partial charge in [-0.05, 0) is 24.3 Å². The molecule has 0 aliphatic heterocycles. The molecule has 0 fully saturated rings. The van der Waals surface area contributed by atoms with Gasteiger partial charge in [0, 0.05) is 25.5 Å². The van der Waals surface area contributed by atoms with Crippen LogP contribution in [-0.2, 0) is 21.1 Å². The minimum atomic E-state index is -3.18. The number of hydrogen-bond acceptors (Lipinski definition) is 6. The first-order valence-corrected chi connectivity index (χ1v) is 8.34. The zero-order valence-electron chi connectivity index (χ0n) is 12.0. The summed E-state index contributed by atoms with van der Waals surface area (Å²) in [5, 5.41) is 3.14. The molecule has 21 heavy (non-hydrogen) atoms. The standard InChI is InChI=1S/C14H18N2O4S/c1-19-8-7-15-10-14-16-9-13(20-14)11-3-5-12(6-4-11)21(2,17)18/h3-6,9,15H,7-8,10H2,1-2H3. The summed E-state index contributed by atoms with van der Waals surface area (Å²) < 4.78 is 33.3. The zero-order valence-corrected chi connectivity index (χ0v) is 12.8. The molecule has 1 aromatic carbocycles. The van der Waals surface area contributed by atoms with Crippen molar-refractivity contribution in [2.75, 3.05) is 26.5 Å². The number of nitrogens with one attached hydrogen (secondary N) is 1. The first-order chi connectivity index (χ1) is 10.0. The van der Waals surface area contributed by atoms with E-state index in [-0.39, 0.29) is 4.90 Å². The van der Waals surface area contributed by atoms with Crippen LogP contribution < -0.4 is 5.32 Å². The number of ether oxygens (including phenoxy) is 1. The Balaban J connectivity index is 2.04. The van der Waals surface area contributed by atoms with Crippen LogP contribution in [0.4, 0.5) is 0 Å². The van der Waals surface area contributed by atoms with Crippen LogP contribution in [0.25, 0.3) is 11.3 Å². The molecule has 7 heteroatoms. The lowest BCUT2D eigenvalue weighted by Gasteiger charge is -2.01. The Morgan fingerprint density at radius 1 is 1.29 bits per heavy atom. The molecule has 0 saturated heterocycles. The van der Waals surface area contributed by atoms with Gasteiger partial charge in [-0.1, -0.05) is 0 Å². The molecule has 1 N–H and O–H groups in total. The van der Waals surface area contributed by atoms with E-state index < -0.39 is 9.84 Å². The Morgan fingerprint density at radius 2 is 2.00 bits per heavy atom. The van der Waals surface area contributed by atoms with E-state index in [1.807, 2.05) is 0 Å². The van der Waals surface area contributed by atoms with Gasteiger partial charge < -0.3 is 14.5 Å². The fourth-order valence-electron chi connectivity index (χ4n) is 1.76. The molecule has 0 spiro atoms. The minimum absolute atomic E-state index is 0.284. The summed E-state index contributed by atoms with van der Waals surface area (Å²) in [4.78, 5) is 4.46. The number of benzene rings is 1. The van der Waals surface area contributed by atoms with Crippen LogP contribution in [0.5, 0.6) is 0 Å². The molecule has 1 aromatic heterocycles. The molecule has 0 radical (unpaired) electrons. The second-order valence-corrected chi connectivity index (χ2v) is 6.60. The molecule has 0 bridgehead atoms. The van der Waals surface area contributed by atoms with Gasteiger partial charge >= 0.3 is 0 Å². The molecule has 0 amide bonds. The van der Waals surface area contributed by atoms with E-state index in [2.05, 4.69) is 10.3 Å². The maximum atomic E-state index is 11.4. The molecule has 1 heterocycles. The van der Waals surface area contributed by atoms with E-state index in [0.717, 1.165) is 12.1 Å². The largest absolute Gasteiger partial charge is 0.439 e. The number of hydrogen-bond donors (Lipinski definition) is 1. The molecule has 0 saturated carbocycles. The van der Waals surface area contributed by atoms with Crippen molar-refractivity contribution in [3.8, 4) is 11.3 Å². The fraction of sp³-hybridized carbons (Fsp3) is 0.357. The monoisotopic (exact) mass is 310 g/mol. The van der Waals surface area contributed by atoms with Gasteiger partial charge in [0.25, 0.3) is 0 Å². The smallest absolute Gasteiger partial charge is 0.208 e. The normalized spacial score (nSPS) is 11.7. The highest BCUT2D eigenvalue weighted by Gasteiger charge is 2.09. The Hall–Kier alpha value is -1.70. The number of methoxy groups -OCH3 is 1. The second-order valence-electron chi connectivity index (χ2n) is 4.58. The molecule has 0 atom stereocenters. The average Bonchev–Trinajstić information content (AvgIpc) is 2.92. The van der Waals surface area contributed by atoms with Gasteiger partial charge in [0.15, 0.2) is 15.6 Å². The highest BCUT2D eigenvalue weighted by molar-refractivity contribution is 7.90. The minimum Gasteiger partial charge on any atom is -0.439 e. The van der Waals surface area contributed by atoms with Crippen molar-refractivity contribution in [1.82, 2.24) is 10.3 Å². The summed E-state index contributed by atoms with van der Waals surface area (Å²) in [6.45, 7) is 1.86. The molecule has 2 aromatic rings. The number of rotatable bonds is 7. The maximum absolute atomic E-state index is 11.4. The highest BCUT2D eigenvalue weighted by Crippen LogP contribution is 2.22. The summed E-state index contributed by atoms with van der Waals surface area (Å²) in [6, 6.07) is 6.53. The third-order valence-electron chi connectivity index (χ3n) is 2.88. The van der Waals surface area contributed by atoms with E-state index >= 15 is 0 Å². The Bertz CT molecular complexity index is 677. The van der Waals surface area contributed by atoms with E-state index in [1.54, 1.807) is 37.6 Å². The van der Waals surface area contributed by atoms with Crippen molar-refractivity contribution in [2.45, 2.75) is 11.4 Å². The van der Waals surface area contributed by atoms with Crippen molar-refractivity contribution >= 4 is 9.84 Å². The van der Waals surface area contributed by atoms with Crippen molar-refractivity contribution < 1.29 is 17.6 Å². The van der Waals surface area contributed by atoms with Crippen LogP contribution >= 0.6 is 0 Å². The van der Waals surface area contributed by atoms with Gasteiger partial charge in [-0.15, -0.1) is 0 Å². The molecule has 6 nitrogen and oxygen atoms in total. The first-order valence-electron chi connectivity index (χ1n) is 6.45. The zero-order chi connectivity index (χ0) is 15.3. The molecule has 114 valence electrons. The van der Waals surface area contributed by atoms with Crippen LogP contribution in [0.15, 0.2) is 39.8 Å². The second kappa shape index (κ2) is 6.84. The van der Waals surface area contributed by atoms with E-state index in [1.165, 1.54) is 6.26 Å². The average molecular weight is 310 g/mol. The topological polar surface area (TPSA) is 81.4 Å². The highest BCUT2D eigenvalue weighted by atomic mass is 32.2. The third kappa shape index (κ3) is 4.38. The molecule has 2 rings (SSSR count). The lowest BCUT2D eigenvalue weighted by Crippen LogP contribution is -2.18.